The molecular formula is C9H20N4O3S. The SMILES string of the molecule is CCCCS(=O)(=O)N1CCN(C(=O)NN)CC1. The average molecular weight is 264 g/mol. The number of unbranched alkanes of at least 4 members (excludes halogenated alkanes) is 1. The Balaban J connectivity index is 2.49. The summed E-state index contributed by atoms with van der Waals surface area (Å²) < 4.78 is 25.2. The summed E-state index contributed by atoms with van der Waals surface area (Å²) >= 11 is 0. The highest BCUT2D eigenvalue weighted by Gasteiger charge is 2.27. The van der Waals surface area contributed by atoms with Gasteiger partial charge in [0.1, 0.15) is 0 Å². The summed E-state index contributed by atoms with van der Waals surface area (Å²) in [5.74, 6) is 5.20. The summed E-state index contributed by atoms with van der Waals surface area (Å²) in [6.45, 7) is 3.42. The van der Waals surface area contributed by atoms with Crippen LogP contribution < -0.4 is 11.3 Å². The molecule has 0 aromatic rings. The number of carbonyl (C=O) groups is 1. The zero-order valence-electron chi connectivity index (χ0n) is 10.1. The average Bonchev–Trinajstić information content (AvgIpc) is 2.35. The Kier molecular flexibility index (Phi) is 5.16. The van der Waals surface area contributed by atoms with E-state index in [1.807, 2.05) is 12.3 Å². The summed E-state index contributed by atoms with van der Waals surface area (Å²) in [4.78, 5) is 12.7. The highest BCUT2D eigenvalue weighted by Crippen LogP contribution is 2.09. The fourth-order valence-electron chi connectivity index (χ4n) is 1.72. The minimum Gasteiger partial charge on any atom is -0.321 e. The standard InChI is InChI=1S/C9H20N4O3S/c1-2-3-8-17(15,16)13-6-4-12(5-7-13)9(14)11-10/h2-8,10H2,1H3,(H,11,14). The predicted octanol–water partition coefficient (Wildman–Crippen LogP) is -0.683. The van der Waals surface area contributed by atoms with E-state index in [0.717, 1.165) is 6.42 Å². The number of nitrogens with one attached hydrogen (secondary N) is 1. The van der Waals surface area contributed by atoms with Crippen LogP contribution in [0.2, 0.25) is 0 Å². The first-order chi connectivity index (χ1) is 8.01. The van der Waals surface area contributed by atoms with Gasteiger partial charge >= 0.3 is 6.03 Å². The molecule has 1 aliphatic rings. The Morgan fingerprint density at radius 2 is 1.88 bits per heavy atom. The van der Waals surface area contributed by atoms with E-state index in [0.29, 0.717) is 32.6 Å². The van der Waals surface area contributed by atoms with Gasteiger partial charge < -0.3 is 4.90 Å². The number of nitrogens with two attached hydrogens (primary N) is 1. The third-order valence-electron chi connectivity index (χ3n) is 2.80. The van der Waals surface area contributed by atoms with Crippen LogP contribution in [0.1, 0.15) is 19.8 Å². The fraction of sp³-hybridized carbons (Fsp3) is 0.889. The summed E-state index contributed by atoms with van der Waals surface area (Å²) in [5.41, 5.74) is 2.04. The van der Waals surface area contributed by atoms with Gasteiger partial charge in [0.05, 0.1) is 5.75 Å². The van der Waals surface area contributed by atoms with Crippen molar-refractivity contribution in [1.82, 2.24) is 14.6 Å². The normalized spacial score (nSPS) is 18.1. The van der Waals surface area contributed by atoms with Gasteiger partial charge in [-0.1, -0.05) is 13.3 Å². The zero-order valence-corrected chi connectivity index (χ0v) is 10.9. The number of hydrazine groups is 1. The van der Waals surface area contributed by atoms with Gasteiger partial charge in [-0.3, -0.25) is 5.43 Å². The molecule has 17 heavy (non-hydrogen) atoms. The molecule has 0 radical (unpaired) electrons. The molecule has 0 saturated carbocycles. The Morgan fingerprint density at radius 1 is 1.29 bits per heavy atom. The van der Waals surface area contributed by atoms with Gasteiger partial charge in [-0.2, -0.15) is 4.31 Å². The fourth-order valence-corrected chi connectivity index (χ4v) is 3.35. The lowest BCUT2D eigenvalue weighted by molar-refractivity contribution is 0.172. The molecule has 1 aliphatic heterocycles. The van der Waals surface area contributed by atoms with E-state index in [4.69, 9.17) is 5.84 Å². The Morgan fingerprint density at radius 3 is 2.35 bits per heavy atom. The number of carbonyl (C=O) groups excluding carboxylic acids is 1. The minimum absolute atomic E-state index is 0.187. The second kappa shape index (κ2) is 6.18. The maximum Gasteiger partial charge on any atom is 0.331 e. The quantitative estimate of drug-likeness (QED) is 0.399. The molecule has 0 aliphatic carbocycles. The largest absolute Gasteiger partial charge is 0.331 e. The Bertz CT molecular complexity index is 349. The van der Waals surface area contributed by atoms with E-state index in [1.165, 1.54) is 9.21 Å². The van der Waals surface area contributed by atoms with Gasteiger partial charge in [0.2, 0.25) is 10.0 Å². The first-order valence-electron chi connectivity index (χ1n) is 5.74. The Hall–Kier alpha value is -0.860. The van der Waals surface area contributed by atoms with Crippen LogP contribution in [-0.4, -0.2) is 55.6 Å². The molecule has 0 aromatic heterocycles. The molecule has 1 fully saturated rings. The highest BCUT2D eigenvalue weighted by atomic mass is 32.2. The number of hydrogen-bond donors (Lipinski definition) is 2. The van der Waals surface area contributed by atoms with Crippen molar-refractivity contribution in [2.45, 2.75) is 19.8 Å². The minimum atomic E-state index is -3.16. The lowest BCUT2D eigenvalue weighted by Gasteiger charge is -2.33. The lowest BCUT2D eigenvalue weighted by Crippen LogP contribution is -2.54. The summed E-state index contributed by atoms with van der Waals surface area (Å²) in [6, 6.07) is -0.365. The molecule has 0 atom stereocenters. The molecule has 7 nitrogen and oxygen atoms in total. The van der Waals surface area contributed by atoms with E-state index in [2.05, 4.69) is 0 Å². The van der Waals surface area contributed by atoms with Gasteiger partial charge in [0, 0.05) is 26.2 Å². The number of urea groups is 1. The van der Waals surface area contributed by atoms with E-state index in [-0.39, 0.29) is 11.8 Å². The second-order valence-corrected chi connectivity index (χ2v) is 6.09. The monoisotopic (exact) mass is 264 g/mol. The molecule has 0 unspecified atom stereocenters. The molecule has 3 N–H and O–H groups in total. The van der Waals surface area contributed by atoms with Crippen molar-refractivity contribution in [2.24, 2.45) is 5.84 Å². The molecule has 0 aromatic carbocycles. The van der Waals surface area contributed by atoms with E-state index < -0.39 is 10.0 Å². The first-order valence-corrected chi connectivity index (χ1v) is 7.35. The smallest absolute Gasteiger partial charge is 0.321 e. The molecule has 1 heterocycles. The van der Waals surface area contributed by atoms with Crippen LogP contribution in [0.25, 0.3) is 0 Å². The second-order valence-electron chi connectivity index (χ2n) is 4.01. The van der Waals surface area contributed by atoms with Crippen LogP contribution in [0.5, 0.6) is 0 Å². The molecule has 0 bridgehead atoms. The van der Waals surface area contributed by atoms with Crippen molar-refractivity contribution in [3.05, 3.63) is 0 Å². The third-order valence-corrected chi connectivity index (χ3v) is 4.76. The summed E-state index contributed by atoms with van der Waals surface area (Å²) in [5, 5.41) is 0. The molecular weight excluding hydrogens is 244 g/mol. The maximum atomic E-state index is 11.9. The van der Waals surface area contributed by atoms with Gasteiger partial charge in [-0.15, -0.1) is 0 Å². The van der Waals surface area contributed by atoms with Crippen molar-refractivity contribution in [2.75, 3.05) is 31.9 Å². The number of rotatable bonds is 4. The lowest BCUT2D eigenvalue weighted by atomic mass is 10.4. The molecule has 100 valence electrons. The maximum absolute atomic E-state index is 11.9. The van der Waals surface area contributed by atoms with Crippen molar-refractivity contribution in [3.63, 3.8) is 0 Å². The van der Waals surface area contributed by atoms with Crippen LogP contribution in [0.4, 0.5) is 4.79 Å². The van der Waals surface area contributed by atoms with Crippen LogP contribution >= 0.6 is 0 Å². The highest BCUT2D eigenvalue weighted by molar-refractivity contribution is 7.89. The number of nitrogens with zero attached hydrogens (tertiary/aromatic N) is 2. The topological polar surface area (TPSA) is 95.7 Å². The van der Waals surface area contributed by atoms with Crippen LogP contribution in [0.3, 0.4) is 0 Å². The van der Waals surface area contributed by atoms with Crippen molar-refractivity contribution < 1.29 is 13.2 Å². The molecule has 1 rings (SSSR count). The van der Waals surface area contributed by atoms with E-state index >= 15 is 0 Å². The van der Waals surface area contributed by atoms with Crippen molar-refractivity contribution in [3.8, 4) is 0 Å². The number of amides is 2. The molecule has 1 saturated heterocycles. The molecule has 2 amide bonds. The zero-order chi connectivity index (χ0) is 12.9. The first kappa shape index (κ1) is 14.2. The van der Waals surface area contributed by atoms with Crippen molar-refractivity contribution in [1.29, 1.82) is 0 Å². The van der Waals surface area contributed by atoms with Gasteiger partial charge in [-0.25, -0.2) is 19.1 Å². The predicted molar refractivity (Wildman–Crippen MR) is 64.6 cm³/mol. The van der Waals surface area contributed by atoms with E-state index in [9.17, 15) is 13.2 Å². The number of piperazine rings is 1. The van der Waals surface area contributed by atoms with E-state index in [1.54, 1.807) is 0 Å². The van der Waals surface area contributed by atoms with Crippen LogP contribution in [-0.2, 0) is 10.0 Å². The van der Waals surface area contributed by atoms with Crippen LogP contribution in [0.15, 0.2) is 0 Å². The summed E-state index contributed by atoms with van der Waals surface area (Å²) in [6.07, 6.45) is 1.53. The third kappa shape index (κ3) is 3.83. The summed E-state index contributed by atoms with van der Waals surface area (Å²) in [7, 11) is -3.16. The number of hydrogen-bond acceptors (Lipinski definition) is 4. The molecule has 8 heteroatoms. The van der Waals surface area contributed by atoms with Gasteiger partial charge in [0.25, 0.3) is 0 Å². The molecule has 0 spiro atoms. The van der Waals surface area contributed by atoms with Crippen molar-refractivity contribution >= 4 is 16.1 Å². The van der Waals surface area contributed by atoms with Gasteiger partial charge in [0.15, 0.2) is 0 Å². The number of sulfonamides is 1. The van der Waals surface area contributed by atoms with Crippen LogP contribution in [0, 0.1) is 0 Å². The Labute approximate surface area is 102 Å². The van der Waals surface area contributed by atoms with Gasteiger partial charge in [-0.05, 0) is 6.42 Å².